The van der Waals surface area contributed by atoms with Gasteiger partial charge in [0.05, 0.1) is 6.61 Å². The van der Waals surface area contributed by atoms with Gasteiger partial charge in [-0.2, -0.15) is 13.2 Å². The van der Waals surface area contributed by atoms with Gasteiger partial charge in [-0.05, 0) is 31.9 Å². The van der Waals surface area contributed by atoms with E-state index in [4.69, 9.17) is 4.74 Å². The van der Waals surface area contributed by atoms with Crippen molar-refractivity contribution in [1.29, 1.82) is 0 Å². The number of carbonyl (C=O) groups is 1. The van der Waals surface area contributed by atoms with E-state index in [-0.39, 0.29) is 13.0 Å². The summed E-state index contributed by atoms with van der Waals surface area (Å²) in [5.74, 6) is 0.174. The average molecular weight is 303 g/mol. The van der Waals surface area contributed by atoms with Crippen molar-refractivity contribution in [2.45, 2.75) is 32.9 Å². The van der Waals surface area contributed by atoms with Gasteiger partial charge >= 0.3 is 6.18 Å². The Bertz CT molecular complexity index is 460. The summed E-state index contributed by atoms with van der Waals surface area (Å²) in [6.45, 7) is 2.74. The third-order valence-corrected chi connectivity index (χ3v) is 2.99. The molecule has 0 saturated heterocycles. The van der Waals surface area contributed by atoms with Crippen LogP contribution in [0.2, 0.25) is 0 Å². The second-order valence-electron chi connectivity index (χ2n) is 4.56. The zero-order chi connectivity index (χ0) is 15.9. The third kappa shape index (κ3) is 6.06. The molecule has 0 radical (unpaired) electrons. The predicted octanol–water partition coefficient (Wildman–Crippen LogP) is 3.43. The summed E-state index contributed by atoms with van der Waals surface area (Å²) in [7, 11) is 0. The molecule has 0 heterocycles. The third-order valence-electron chi connectivity index (χ3n) is 2.99. The van der Waals surface area contributed by atoms with Crippen molar-refractivity contribution in [1.82, 2.24) is 4.90 Å². The van der Waals surface area contributed by atoms with E-state index in [1.807, 2.05) is 25.1 Å². The number of alkyl halides is 3. The van der Waals surface area contributed by atoms with Crippen molar-refractivity contribution >= 4 is 5.91 Å². The van der Waals surface area contributed by atoms with Crippen LogP contribution in [-0.4, -0.2) is 36.7 Å². The SMILES string of the molecule is CCOc1ccccc1CCC(=O)N(CC)CC(F)(F)F. The topological polar surface area (TPSA) is 29.5 Å². The number of hydrogen-bond donors (Lipinski definition) is 0. The maximum absolute atomic E-state index is 12.4. The van der Waals surface area contributed by atoms with Crippen molar-refractivity contribution < 1.29 is 22.7 Å². The Kier molecular flexibility index (Phi) is 6.52. The summed E-state index contributed by atoms with van der Waals surface area (Å²) >= 11 is 0. The van der Waals surface area contributed by atoms with Gasteiger partial charge in [0.2, 0.25) is 5.91 Å². The molecule has 0 saturated carbocycles. The Morgan fingerprint density at radius 3 is 2.48 bits per heavy atom. The number of halogens is 3. The fourth-order valence-corrected chi connectivity index (χ4v) is 2.00. The van der Waals surface area contributed by atoms with E-state index in [0.29, 0.717) is 18.8 Å². The first-order chi connectivity index (χ1) is 9.87. The molecule has 21 heavy (non-hydrogen) atoms. The number of hydrogen-bond acceptors (Lipinski definition) is 2. The van der Waals surface area contributed by atoms with Gasteiger partial charge in [0.15, 0.2) is 0 Å². The van der Waals surface area contributed by atoms with Crippen LogP contribution in [0.25, 0.3) is 0 Å². The van der Waals surface area contributed by atoms with Crippen LogP contribution in [0.4, 0.5) is 13.2 Å². The molecule has 0 spiro atoms. The molecule has 6 heteroatoms. The van der Waals surface area contributed by atoms with E-state index in [2.05, 4.69) is 0 Å². The standard InChI is InChI=1S/C15H20F3NO2/c1-3-19(11-15(16,17)18)14(20)10-9-12-7-5-6-8-13(12)21-4-2/h5-8H,3-4,9-11H2,1-2H3. The largest absolute Gasteiger partial charge is 0.494 e. The molecule has 0 N–H and O–H groups in total. The van der Waals surface area contributed by atoms with Crippen LogP contribution < -0.4 is 4.74 Å². The highest BCUT2D eigenvalue weighted by atomic mass is 19.4. The fraction of sp³-hybridized carbons (Fsp3) is 0.533. The summed E-state index contributed by atoms with van der Waals surface area (Å²) in [5, 5.41) is 0. The van der Waals surface area contributed by atoms with Gasteiger partial charge in [-0.3, -0.25) is 4.79 Å². The lowest BCUT2D eigenvalue weighted by Gasteiger charge is -2.22. The normalized spacial score (nSPS) is 11.3. The van der Waals surface area contributed by atoms with E-state index in [1.54, 1.807) is 6.07 Å². The molecule has 0 bridgehead atoms. The summed E-state index contributed by atoms with van der Waals surface area (Å²) in [6, 6.07) is 7.24. The Morgan fingerprint density at radius 2 is 1.90 bits per heavy atom. The highest BCUT2D eigenvalue weighted by Gasteiger charge is 2.32. The minimum Gasteiger partial charge on any atom is -0.494 e. The number of rotatable bonds is 7. The van der Waals surface area contributed by atoms with Gasteiger partial charge < -0.3 is 9.64 Å². The van der Waals surface area contributed by atoms with Crippen LogP contribution in [0, 0.1) is 0 Å². The lowest BCUT2D eigenvalue weighted by atomic mass is 10.1. The molecular weight excluding hydrogens is 283 g/mol. The summed E-state index contributed by atoms with van der Waals surface area (Å²) in [4.78, 5) is 12.7. The molecule has 0 unspecified atom stereocenters. The van der Waals surface area contributed by atoms with Crippen molar-refractivity contribution in [3.63, 3.8) is 0 Å². The molecule has 0 fully saturated rings. The number of carbonyl (C=O) groups excluding carboxylic acids is 1. The first-order valence-electron chi connectivity index (χ1n) is 6.92. The number of aryl methyl sites for hydroxylation is 1. The van der Waals surface area contributed by atoms with Gasteiger partial charge in [-0.15, -0.1) is 0 Å². The highest BCUT2D eigenvalue weighted by Crippen LogP contribution is 2.21. The van der Waals surface area contributed by atoms with Crippen LogP contribution in [0.5, 0.6) is 5.75 Å². The molecule has 0 atom stereocenters. The van der Waals surface area contributed by atoms with Gasteiger partial charge in [0, 0.05) is 13.0 Å². The molecular formula is C15H20F3NO2. The van der Waals surface area contributed by atoms with Crippen LogP contribution in [0.1, 0.15) is 25.8 Å². The lowest BCUT2D eigenvalue weighted by Crippen LogP contribution is -2.38. The molecule has 0 aliphatic rings. The highest BCUT2D eigenvalue weighted by molar-refractivity contribution is 5.76. The quantitative estimate of drug-likeness (QED) is 0.772. The molecule has 3 nitrogen and oxygen atoms in total. The number of amides is 1. The van der Waals surface area contributed by atoms with Gasteiger partial charge in [0.1, 0.15) is 12.3 Å². The van der Waals surface area contributed by atoms with E-state index in [0.717, 1.165) is 10.5 Å². The maximum atomic E-state index is 12.4. The molecule has 1 aromatic rings. The summed E-state index contributed by atoms with van der Waals surface area (Å²) in [5.41, 5.74) is 0.829. The molecule has 0 aromatic heterocycles. The molecule has 1 rings (SSSR count). The van der Waals surface area contributed by atoms with Gasteiger partial charge in [0.25, 0.3) is 0 Å². The Morgan fingerprint density at radius 1 is 1.24 bits per heavy atom. The monoisotopic (exact) mass is 303 g/mol. The zero-order valence-electron chi connectivity index (χ0n) is 12.2. The van der Waals surface area contributed by atoms with Crippen molar-refractivity contribution in [2.75, 3.05) is 19.7 Å². The first kappa shape index (κ1) is 17.3. The number of benzene rings is 1. The summed E-state index contributed by atoms with van der Waals surface area (Å²) < 4.78 is 42.5. The minimum atomic E-state index is -4.37. The van der Waals surface area contributed by atoms with E-state index >= 15 is 0 Å². The zero-order valence-corrected chi connectivity index (χ0v) is 12.2. The van der Waals surface area contributed by atoms with Crippen LogP contribution in [-0.2, 0) is 11.2 Å². The van der Waals surface area contributed by atoms with Crippen LogP contribution in [0.3, 0.4) is 0 Å². The van der Waals surface area contributed by atoms with Gasteiger partial charge in [-0.25, -0.2) is 0 Å². The first-order valence-corrected chi connectivity index (χ1v) is 6.92. The van der Waals surface area contributed by atoms with E-state index < -0.39 is 18.6 Å². The second kappa shape index (κ2) is 7.90. The Labute approximate surface area is 122 Å². The molecule has 1 amide bonds. The maximum Gasteiger partial charge on any atom is 0.406 e. The Hall–Kier alpha value is -1.72. The second-order valence-corrected chi connectivity index (χ2v) is 4.56. The lowest BCUT2D eigenvalue weighted by molar-refractivity contribution is -0.160. The van der Waals surface area contributed by atoms with E-state index in [9.17, 15) is 18.0 Å². The number of ether oxygens (including phenoxy) is 1. The fourth-order valence-electron chi connectivity index (χ4n) is 2.00. The smallest absolute Gasteiger partial charge is 0.406 e. The summed E-state index contributed by atoms with van der Waals surface area (Å²) in [6.07, 6.45) is -3.97. The van der Waals surface area contributed by atoms with E-state index in [1.165, 1.54) is 6.92 Å². The Balaban J connectivity index is 2.63. The average Bonchev–Trinajstić information content (AvgIpc) is 2.43. The molecule has 0 aliphatic heterocycles. The molecule has 0 aliphatic carbocycles. The van der Waals surface area contributed by atoms with Crippen molar-refractivity contribution in [3.8, 4) is 5.75 Å². The van der Waals surface area contributed by atoms with Gasteiger partial charge in [-0.1, -0.05) is 18.2 Å². The number of nitrogens with zero attached hydrogens (tertiary/aromatic N) is 1. The predicted molar refractivity (Wildman–Crippen MR) is 74.2 cm³/mol. The molecule has 118 valence electrons. The van der Waals surface area contributed by atoms with Crippen LogP contribution in [0.15, 0.2) is 24.3 Å². The molecule has 1 aromatic carbocycles. The van der Waals surface area contributed by atoms with Crippen molar-refractivity contribution in [3.05, 3.63) is 29.8 Å². The van der Waals surface area contributed by atoms with Crippen LogP contribution >= 0.6 is 0 Å². The number of para-hydroxylation sites is 1. The minimum absolute atomic E-state index is 0.0357. The van der Waals surface area contributed by atoms with Crippen molar-refractivity contribution in [2.24, 2.45) is 0 Å².